The lowest BCUT2D eigenvalue weighted by atomic mass is 10.2. The first kappa shape index (κ1) is 19.1. The van der Waals surface area contributed by atoms with Crippen molar-refractivity contribution in [2.45, 2.75) is 20.4 Å². The van der Waals surface area contributed by atoms with Crippen LogP contribution in [0.25, 0.3) is 11.8 Å². The van der Waals surface area contributed by atoms with E-state index < -0.39 is 10.0 Å². The minimum atomic E-state index is -3.53. The van der Waals surface area contributed by atoms with Crippen molar-refractivity contribution >= 4 is 16.1 Å². The lowest BCUT2D eigenvalue weighted by Gasteiger charge is -2.15. The summed E-state index contributed by atoms with van der Waals surface area (Å²) in [7, 11) is -1.94. The molecule has 5 nitrogen and oxygen atoms in total. The second kappa shape index (κ2) is 7.90. The van der Waals surface area contributed by atoms with E-state index in [1.54, 1.807) is 13.1 Å². The van der Waals surface area contributed by atoms with E-state index in [0.717, 1.165) is 28.2 Å². The zero-order valence-corrected chi connectivity index (χ0v) is 16.5. The molecule has 27 heavy (non-hydrogen) atoms. The molecule has 3 aromatic rings. The molecule has 0 amide bonds. The summed E-state index contributed by atoms with van der Waals surface area (Å²) in [6.45, 7) is 4.14. The fourth-order valence-corrected chi connectivity index (χ4v) is 3.72. The third kappa shape index (κ3) is 4.35. The zero-order valence-electron chi connectivity index (χ0n) is 15.7. The Morgan fingerprint density at radius 2 is 1.59 bits per heavy atom. The minimum Gasteiger partial charge on any atom is -0.238 e. The smallest absolute Gasteiger partial charge is 0.236 e. The Balaban J connectivity index is 1.82. The lowest BCUT2D eigenvalue weighted by molar-refractivity contribution is 0.473. The second-order valence-corrected chi connectivity index (χ2v) is 8.34. The van der Waals surface area contributed by atoms with E-state index in [9.17, 15) is 8.42 Å². The van der Waals surface area contributed by atoms with E-state index >= 15 is 0 Å². The molecule has 1 aromatic heterocycles. The van der Waals surface area contributed by atoms with Crippen LogP contribution < -0.4 is 0 Å². The highest BCUT2D eigenvalue weighted by Gasteiger charge is 2.20. The summed E-state index contributed by atoms with van der Waals surface area (Å²) in [4.78, 5) is 0. The van der Waals surface area contributed by atoms with Crippen molar-refractivity contribution < 1.29 is 8.42 Å². The van der Waals surface area contributed by atoms with Gasteiger partial charge in [-0.05, 0) is 37.6 Å². The van der Waals surface area contributed by atoms with E-state index in [2.05, 4.69) is 5.10 Å². The van der Waals surface area contributed by atoms with E-state index in [0.29, 0.717) is 0 Å². The summed E-state index contributed by atoms with van der Waals surface area (Å²) in [5.74, 6) is 0. The van der Waals surface area contributed by atoms with Gasteiger partial charge in [-0.15, -0.1) is 0 Å². The number of sulfonamides is 1. The highest BCUT2D eigenvalue weighted by Crippen LogP contribution is 2.20. The predicted octanol–water partition coefficient (Wildman–Crippen LogP) is 3.92. The molecule has 0 N–H and O–H groups in total. The first-order chi connectivity index (χ1) is 12.9. The normalized spacial score (nSPS) is 12.1. The van der Waals surface area contributed by atoms with Crippen LogP contribution in [0.3, 0.4) is 0 Å². The van der Waals surface area contributed by atoms with E-state index in [1.807, 2.05) is 79.2 Å². The maximum absolute atomic E-state index is 12.6. The number of hydrogen-bond donors (Lipinski definition) is 0. The van der Waals surface area contributed by atoms with E-state index in [-0.39, 0.29) is 6.54 Å². The van der Waals surface area contributed by atoms with Crippen LogP contribution in [0.1, 0.15) is 22.5 Å². The van der Waals surface area contributed by atoms with Crippen molar-refractivity contribution in [1.82, 2.24) is 14.1 Å². The molecular weight excluding hydrogens is 358 g/mol. The third-order valence-electron chi connectivity index (χ3n) is 4.49. The topological polar surface area (TPSA) is 55.2 Å². The quantitative estimate of drug-likeness (QED) is 0.650. The molecule has 0 aliphatic carbocycles. The number of hydrogen-bond acceptors (Lipinski definition) is 3. The van der Waals surface area contributed by atoms with Gasteiger partial charge in [0.25, 0.3) is 0 Å². The average molecular weight is 382 g/mol. The standard InChI is InChI=1S/C21H23N3O2S/c1-17-21(18(2)24(22-17)20-12-8-5-9-13-20)16-23(3)27(25,26)15-14-19-10-6-4-7-11-19/h4-15H,16H2,1-3H3/b15-14+. The monoisotopic (exact) mass is 381 g/mol. The summed E-state index contributed by atoms with van der Waals surface area (Å²) in [5, 5.41) is 5.83. The highest BCUT2D eigenvalue weighted by atomic mass is 32.2. The molecule has 0 atom stereocenters. The summed E-state index contributed by atoms with van der Waals surface area (Å²) in [5.41, 5.74) is 4.48. The molecular formula is C21H23N3O2S. The van der Waals surface area contributed by atoms with E-state index in [4.69, 9.17) is 0 Å². The van der Waals surface area contributed by atoms with Crippen molar-refractivity contribution in [3.8, 4) is 5.69 Å². The summed E-state index contributed by atoms with van der Waals surface area (Å²) in [6.07, 6.45) is 1.61. The maximum Gasteiger partial charge on any atom is 0.236 e. The molecule has 0 unspecified atom stereocenters. The fourth-order valence-electron chi connectivity index (χ4n) is 2.87. The Morgan fingerprint density at radius 3 is 2.22 bits per heavy atom. The molecule has 0 saturated carbocycles. The van der Waals surface area contributed by atoms with Crippen LogP contribution in [-0.4, -0.2) is 29.6 Å². The molecule has 3 rings (SSSR count). The maximum atomic E-state index is 12.6. The van der Waals surface area contributed by atoms with Crippen LogP contribution in [0, 0.1) is 13.8 Å². The molecule has 1 heterocycles. The molecule has 0 aliphatic heterocycles. The van der Waals surface area contributed by atoms with Crippen LogP contribution >= 0.6 is 0 Å². The highest BCUT2D eigenvalue weighted by molar-refractivity contribution is 7.92. The van der Waals surface area contributed by atoms with Crippen molar-refractivity contribution in [2.75, 3.05) is 7.05 Å². The zero-order chi connectivity index (χ0) is 19.4. The van der Waals surface area contributed by atoms with Crippen LogP contribution in [0.4, 0.5) is 0 Å². The molecule has 0 bridgehead atoms. The number of para-hydroxylation sites is 1. The molecule has 2 aromatic carbocycles. The number of nitrogens with zero attached hydrogens (tertiary/aromatic N) is 3. The molecule has 6 heteroatoms. The number of aromatic nitrogens is 2. The van der Waals surface area contributed by atoms with Crippen LogP contribution in [0.2, 0.25) is 0 Å². The molecule has 0 saturated heterocycles. The van der Waals surface area contributed by atoms with Gasteiger partial charge in [-0.25, -0.2) is 13.1 Å². The van der Waals surface area contributed by atoms with Gasteiger partial charge in [0.05, 0.1) is 11.4 Å². The van der Waals surface area contributed by atoms with E-state index in [1.165, 1.54) is 9.71 Å². The van der Waals surface area contributed by atoms with Gasteiger partial charge in [0.15, 0.2) is 0 Å². The number of benzene rings is 2. The van der Waals surface area contributed by atoms with Crippen molar-refractivity contribution in [1.29, 1.82) is 0 Å². The van der Waals surface area contributed by atoms with Gasteiger partial charge in [-0.2, -0.15) is 9.40 Å². The summed E-state index contributed by atoms with van der Waals surface area (Å²) >= 11 is 0. The SMILES string of the molecule is Cc1nn(-c2ccccc2)c(C)c1CN(C)S(=O)(=O)/C=C/c1ccccc1. The minimum absolute atomic E-state index is 0.270. The van der Waals surface area contributed by atoms with Crippen LogP contribution in [0.5, 0.6) is 0 Å². The van der Waals surface area contributed by atoms with Gasteiger partial charge >= 0.3 is 0 Å². The largest absolute Gasteiger partial charge is 0.238 e. The van der Waals surface area contributed by atoms with Crippen LogP contribution in [-0.2, 0) is 16.6 Å². The van der Waals surface area contributed by atoms with Crippen molar-refractivity contribution in [3.63, 3.8) is 0 Å². The van der Waals surface area contributed by atoms with Gasteiger partial charge in [0, 0.05) is 30.3 Å². The van der Waals surface area contributed by atoms with Gasteiger partial charge in [-0.1, -0.05) is 48.5 Å². The Labute approximate surface area is 160 Å². The number of rotatable bonds is 6. The lowest BCUT2D eigenvalue weighted by Crippen LogP contribution is -2.24. The van der Waals surface area contributed by atoms with Crippen LogP contribution in [0.15, 0.2) is 66.1 Å². The van der Waals surface area contributed by atoms with Gasteiger partial charge < -0.3 is 0 Å². The molecule has 0 aliphatic rings. The first-order valence-corrected chi connectivity index (χ1v) is 10.2. The average Bonchev–Trinajstić information content (AvgIpc) is 2.96. The van der Waals surface area contributed by atoms with Gasteiger partial charge in [-0.3, -0.25) is 0 Å². The molecule has 0 spiro atoms. The molecule has 0 radical (unpaired) electrons. The Bertz CT molecular complexity index is 1040. The second-order valence-electron chi connectivity index (χ2n) is 6.41. The Morgan fingerprint density at radius 1 is 1.00 bits per heavy atom. The predicted molar refractivity (Wildman–Crippen MR) is 109 cm³/mol. The fraction of sp³-hybridized carbons (Fsp3) is 0.190. The Kier molecular flexibility index (Phi) is 5.58. The molecule has 0 fully saturated rings. The van der Waals surface area contributed by atoms with Gasteiger partial charge in [0.2, 0.25) is 10.0 Å². The summed E-state index contributed by atoms with van der Waals surface area (Å²) < 4.78 is 28.4. The van der Waals surface area contributed by atoms with Gasteiger partial charge in [0.1, 0.15) is 0 Å². The molecule has 140 valence electrons. The first-order valence-electron chi connectivity index (χ1n) is 8.68. The number of aryl methyl sites for hydroxylation is 1. The van der Waals surface area contributed by atoms with Crippen molar-refractivity contribution in [3.05, 3.63) is 88.6 Å². The Hall–Kier alpha value is -2.70. The van der Waals surface area contributed by atoms with Crippen molar-refractivity contribution in [2.24, 2.45) is 0 Å². The summed E-state index contributed by atoms with van der Waals surface area (Å²) in [6, 6.07) is 19.2. The third-order valence-corrected chi connectivity index (χ3v) is 5.97.